The van der Waals surface area contributed by atoms with Gasteiger partial charge >= 0.3 is 5.97 Å². The zero-order valence-electron chi connectivity index (χ0n) is 16.7. The molecule has 0 saturated heterocycles. The molecule has 0 spiro atoms. The molecule has 31 heavy (non-hydrogen) atoms. The maximum atomic E-state index is 12.4. The van der Waals surface area contributed by atoms with Gasteiger partial charge in [0.15, 0.2) is 0 Å². The van der Waals surface area contributed by atoms with E-state index in [1.807, 2.05) is 13.0 Å². The lowest BCUT2D eigenvalue weighted by atomic mass is 10.1. The van der Waals surface area contributed by atoms with Crippen molar-refractivity contribution in [2.45, 2.75) is 19.0 Å². The molecule has 1 amide bonds. The minimum absolute atomic E-state index is 0.126. The number of aromatic nitrogens is 2. The Kier molecular flexibility index (Phi) is 7.59. The Labute approximate surface area is 187 Å². The van der Waals surface area contributed by atoms with Crippen LogP contribution in [0.1, 0.15) is 30.0 Å². The number of nitriles is 1. The number of esters is 1. The lowest BCUT2D eigenvalue weighted by Crippen LogP contribution is -2.13. The summed E-state index contributed by atoms with van der Waals surface area (Å²) in [6.45, 7) is 4.03. The van der Waals surface area contributed by atoms with Crippen LogP contribution >= 0.6 is 23.3 Å². The fraction of sp³-hybridized carbons (Fsp3) is 0.190. The predicted molar refractivity (Wildman–Crippen MR) is 119 cm³/mol. The number of thioether (sulfide) groups is 1. The van der Waals surface area contributed by atoms with Gasteiger partial charge in [-0.3, -0.25) is 10.1 Å². The van der Waals surface area contributed by atoms with E-state index in [1.54, 1.807) is 43.3 Å². The number of benzene rings is 1. The van der Waals surface area contributed by atoms with Crippen molar-refractivity contribution < 1.29 is 18.7 Å². The second-order valence-electron chi connectivity index (χ2n) is 5.94. The summed E-state index contributed by atoms with van der Waals surface area (Å²) in [5.74, 6) is 0.710. The molecule has 3 aromatic rings. The summed E-state index contributed by atoms with van der Waals surface area (Å²) >= 11 is 2.51. The molecule has 0 unspecified atom stereocenters. The van der Waals surface area contributed by atoms with E-state index in [4.69, 9.17) is 9.15 Å². The second kappa shape index (κ2) is 10.6. The average Bonchev–Trinajstić information content (AvgIpc) is 3.42. The molecule has 0 bridgehead atoms. The van der Waals surface area contributed by atoms with Gasteiger partial charge in [-0.15, -0.1) is 0 Å². The summed E-state index contributed by atoms with van der Waals surface area (Å²) in [5, 5.41) is 12.8. The van der Waals surface area contributed by atoms with Crippen molar-refractivity contribution in [3.05, 3.63) is 53.3 Å². The van der Waals surface area contributed by atoms with E-state index in [0.717, 1.165) is 22.8 Å². The highest BCUT2D eigenvalue weighted by molar-refractivity contribution is 7.99. The van der Waals surface area contributed by atoms with Crippen LogP contribution in [-0.4, -0.2) is 33.6 Å². The molecule has 2 aromatic heterocycles. The molecular weight excluding hydrogens is 436 g/mol. The zero-order valence-corrected chi connectivity index (χ0v) is 18.4. The van der Waals surface area contributed by atoms with E-state index in [9.17, 15) is 14.9 Å². The Hall–Kier alpha value is -3.42. The van der Waals surface area contributed by atoms with Crippen LogP contribution in [-0.2, 0) is 9.53 Å². The third-order valence-electron chi connectivity index (χ3n) is 3.86. The number of rotatable bonds is 8. The first-order valence-corrected chi connectivity index (χ1v) is 11.1. The van der Waals surface area contributed by atoms with Crippen LogP contribution in [0.3, 0.4) is 0 Å². The smallest absolute Gasteiger partial charge is 0.338 e. The standard InChI is InChI=1S/C21H18N4O4S2/c1-3-28-19(27)14-7-5-13(6-8-14)17-10-9-16(29-17)11-15(12-22)18(26)23-20-24-21(25-31-20)30-4-2/h5-11H,3-4H2,1-2H3,(H,23,24,25,26). The SMILES string of the molecule is CCOC(=O)c1ccc(-c2ccc(C=C(C#N)C(=O)Nc3nc(SCC)ns3)o2)cc1. The third kappa shape index (κ3) is 5.81. The number of hydrogen-bond acceptors (Lipinski definition) is 9. The van der Waals surface area contributed by atoms with Crippen molar-refractivity contribution in [1.29, 1.82) is 5.26 Å². The summed E-state index contributed by atoms with van der Waals surface area (Å²) in [6.07, 6.45) is 1.36. The molecule has 0 fully saturated rings. The summed E-state index contributed by atoms with van der Waals surface area (Å²) in [5.41, 5.74) is 1.06. The first-order valence-electron chi connectivity index (χ1n) is 9.31. The number of carbonyl (C=O) groups excluding carboxylic acids is 2. The first kappa shape index (κ1) is 22.3. The molecule has 1 N–H and O–H groups in total. The molecule has 0 aliphatic carbocycles. The minimum atomic E-state index is -0.594. The van der Waals surface area contributed by atoms with Crippen molar-refractivity contribution in [2.24, 2.45) is 0 Å². The Balaban J connectivity index is 1.71. The van der Waals surface area contributed by atoms with Gasteiger partial charge in [0.1, 0.15) is 23.2 Å². The molecule has 158 valence electrons. The normalized spacial score (nSPS) is 11.1. The summed E-state index contributed by atoms with van der Waals surface area (Å²) in [6, 6.07) is 12.0. The van der Waals surface area contributed by atoms with Crippen molar-refractivity contribution in [3.63, 3.8) is 0 Å². The molecular formula is C21H18N4O4S2. The van der Waals surface area contributed by atoms with E-state index in [0.29, 0.717) is 34.0 Å². The van der Waals surface area contributed by atoms with Crippen LogP contribution in [0.4, 0.5) is 5.13 Å². The zero-order chi connectivity index (χ0) is 22.2. The number of anilines is 1. The van der Waals surface area contributed by atoms with Crippen molar-refractivity contribution >= 4 is 46.4 Å². The molecule has 0 aliphatic heterocycles. The van der Waals surface area contributed by atoms with Gasteiger partial charge in [-0.2, -0.15) is 14.6 Å². The molecule has 0 aliphatic rings. The molecule has 2 heterocycles. The van der Waals surface area contributed by atoms with Gasteiger partial charge in [-0.25, -0.2) is 4.79 Å². The monoisotopic (exact) mass is 454 g/mol. The minimum Gasteiger partial charge on any atom is -0.462 e. The highest BCUT2D eigenvalue weighted by Crippen LogP contribution is 2.25. The Morgan fingerprint density at radius 2 is 2.03 bits per heavy atom. The van der Waals surface area contributed by atoms with Crippen LogP contribution in [0.15, 0.2) is 51.5 Å². The first-order chi connectivity index (χ1) is 15.0. The van der Waals surface area contributed by atoms with Gasteiger partial charge in [0.05, 0.1) is 12.2 Å². The van der Waals surface area contributed by atoms with E-state index in [1.165, 1.54) is 17.8 Å². The van der Waals surface area contributed by atoms with Gasteiger partial charge in [0.25, 0.3) is 5.91 Å². The van der Waals surface area contributed by atoms with E-state index in [-0.39, 0.29) is 5.57 Å². The van der Waals surface area contributed by atoms with Gasteiger partial charge in [-0.05, 0) is 36.9 Å². The molecule has 0 saturated carbocycles. The van der Waals surface area contributed by atoms with Crippen molar-refractivity contribution in [1.82, 2.24) is 9.36 Å². The highest BCUT2D eigenvalue weighted by atomic mass is 32.2. The lowest BCUT2D eigenvalue weighted by Gasteiger charge is -2.02. The summed E-state index contributed by atoms with van der Waals surface area (Å²) < 4.78 is 14.8. The van der Waals surface area contributed by atoms with Crippen LogP contribution in [0, 0.1) is 11.3 Å². The number of amides is 1. The van der Waals surface area contributed by atoms with Gasteiger partial charge in [-0.1, -0.05) is 30.8 Å². The number of ether oxygens (including phenoxy) is 1. The maximum absolute atomic E-state index is 12.4. The van der Waals surface area contributed by atoms with Crippen LogP contribution in [0.25, 0.3) is 17.4 Å². The molecule has 3 rings (SSSR count). The number of furan rings is 1. The second-order valence-corrected chi connectivity index (χ2v) is 7.92. The van der Waals surface area contributed by atoms with Crippen molar-refractivity contribution in [3.8, 4) is 17.4 Å². The Morgan fingerprint density at radius 3 is 2.71 bits per heavy atom. The van der Waals surface area contributed by atoms with Crippen molar-refractivity contribution in [2.75, 3.05) is 17.7 Å². The number of nitrogens with zero attached hydrogens (tertiary/aromatic N) is 3. The molecule has 0 atom stereocenters. The number of hydrogen-bond donors (Lipinski definition) is 1. The molecule has 10 heteroatoms. The Morgan fingerprint density at radius 1 is 1.26 bits per heavy atom. The maximum Gasteiger partial charge on any atom is 0.338 e. The topological polar surface area (TPSA) is 118 Å². The Bertz CT molecular complexity index is 1140. The number of nitrogens with one attached hydrogen (secondary N) is 1. The average molecular weight is 455 g/mol. The predicted octanol–water partition coefficient (Wildman–Crippen LogP) is 4.63. The quantitative estimate of drug-likeness (QED) is 0.226. The van der Waals surface area contributed by atoms with E-state index >= 15 is 0 Å². The fourth-order valence-corrected chi connectivity index (χ4v) is 3.74. The third-order valence-corrected chi connectivity index (χ3v) is 5.34. The number of carbonyl (C=O) groups is 2. The molecule has 1 aromatic carbocycles. The van der Waals surface area contributed by atoms with Crippen LogP contribution in [0.2, 0.25) is 0 Å². The molecule has 8 nitrogen and oxygen atoms in total. The highest BCUT2D eigenvalue weighted by Gasteiger charge is 2.14. The largest absolute Gasteiger partial charge is 0.462 e. The van der Waals surface area contributed by atoms with Crippen LogP contribution in [0.5, 0.6) is 0 Å². The van der Waals surface area contributed by atoms with Gasteiger partial charge in [0, 0.05) is 23.2 Å². The molecule has 0 radical (unpaired) electrons. The van der Waals surface area contributed by atoms with E-state index < -0.39 is 11.9 Å². The van der Waals surface area contributed by atoms with Gasteiger partial charge < -0.3 is 9.15 Å². The fourth-order valence-electron chi connectivity index (χ4n) is 2.47. The van der Waals surface area contributed by atoms with Crippen LogP contribution < -0.4 is 5.32 Å². The summed E-state index contributed by atoms with van der Waals surface area (Å²) in [4.78, 5) is 28.3. The van der Waals surface area contributed by atoms with E-state index in [2.05, 4.69) is 14.7 Å². The lowest BCUT2D eigenvalue weighted by molar-refractivity contribution is -0.112. The summed E-state index contributed by atoms with van der Waals surface area (Å²) in [7, 11) is 0. The van der Waals surface area contributed by atoms with Gasteiger partial charge in [0.2, 0.25) is 10.3 Å².